The highest BCUT2D eigenvalue weighted by atomic mass is 16.5. The van der Waals surface area contributed by atoms with Crippen LogP contribution in [0.4, 0.5) is 0 Å². The Bertz CT molecular complexity index is 765. The van der Waals surface area contributed by atoms with Crippen LogP contribution in [-0.4, -0.2) is 16.6 Å². The van der Waals surface area contributed by atoms with Crippen LogP contribution in [0.2, 0.25) is 0 Å². The van der Waals surface area contributed by atoms with Crippen LogP contribution < -0.4 is 10.1 Å². The molecule has 3 aromatic rings. The van der Waals surface area contributed by atoms with E-state index in [1.165, 1.54) is 16.5 Å². The van der Waals surface area contributed by atoms with Crippen LogP contribution in [0.3, 0.4) is 0 Å². The molecule has 21 heavy (non-hydrogen) atoms. The highest BCUT2D eigenvalue weighted by Crippen LogP contribution is 2.31. The van der Waals surface area contributed by atoms with Crippen LogP contribution in [0.15, 0.2) is 48.8 Å². The summed E-state index contributed by atoms with van der Waals surface area (Å²) < 4.78 is 5.70. The Kier molecular flexibility index (Phi) is 3.09. The third-order valence-corrected chi connectivity index (χ3v) is 4.03. The van der Waals surface area contributed by atoms with Gasteiger partial charge in [-0.05, 0) is 23.8 Å². The van der Waals surface area contributed by atoms with Crippen LogP contribution in [0.1, 0.15) is 23.6 Å². The summed E-state index contributed by atoms with van der Waals surface area (Å²) in [7, 11) is 0. The van der Waals surface area contributed by atoms with E-state index in [1.54, 1.807) is 0 Å². The molecule has 2 aromatic heterocycles. The second-order valence-electron chi connectivity index (χ2n) is 5.32. The normalized spacial score (nSPS) is 17.4. The van der Waals surface area contributed by atoms with Gasteiger partial charge in [-0.15, -0.1) is 0 Å². The van der Waals surface area contributed by atoms with Gasteiger partial charge in [0, 0.05) is 42.4 Å². The summed E-state index contributed by atoms with van der Waals surface area (Å²) in [5, 5.41) is 4.83. The first kappa shape index (κ1) is 12.4. The number of H-pyrrole nitrogens is 1. The largest absolute Gasteiger partial charge is 0.493 e. The number of nitrogens with one attached hydrogen (secondary N) is 2. The highest BCUT2D eigenvalue weighted by molar-refractivity contribution is 5.79. The minimum absolute atomic E-state index is 0.344. The zero-order chi connectivity index (χ0) is 14.1. The molecular formula is C17H17N3O. The Morgan fingerprint density at radius 2 is 2.19 bits per heavy atom. The maximum absolute atomic E-state index is 5.70. The molecule has 4 nitrogen and oxygen atoms in total. The van der Waals surface area contributed by atoms with E-state index in [1.807, 2.05) is 30.6 Å². The van der Waals surface area contributed by atoms with Crippen LogP contribution in [0.25, 0.3) is 11.0 Å². The van der Waals surface area contributed by atoms with Crippen molar-refractivity contribution in [3.63, 3.8) is 0 Å². The van der Waals surface area contributed by atoms with Gasteiger partial charge in [0.25, 0.3) is 0 Å². The molecule has 2 N–H and O–H groups in total. The minimum Gasteiger partial charge on any atom is -0.493 e. The Morgan fingerprint density at radius 1 is 1.24 bits per heavy atom. The summed E-state index contributed by atoms with van der Waals surface area (Å²) in [6.07, 6.45) is 4.85. The molecule has 3 heterocycles. The van der Waals surface area contributed by atoms with Crippen LogP contribution >= 0.6 is 0 Å². The summed E-state index contributed by atoms with van der Waals surface area (Å²) in [6, 6.07) is 12.7. The molecule has 0 radical (unpaired) electrons. The van der Waals surface area contributed by atoms with Gasteiger partial charge in [0.2, 0.25) is 0 Å². The number of pyridine rings is 1. The number of fused-ring (bicyclic) bond motifs is 2. The highest BCUT2D eigenvalue weighted by Gasteiger charge is 2.20. The van der Waals surface area contributed by atoms with Gasteiger partial charge in [0.15, 0.2) is 0 Å². The summed E-state index contributed by atoms with van der Waals surface area (Å²) in [6.45, 7) is 1.59. The predicted molar refractivity (Wildman–Crippen MR) is 82.2 cm³/mol. The number of rotatable bonds is 3. The van der Waals surface area contributed by atoms with Gasteiger partial charge >= 0.3 is 0 Å². The molecule has 0 bridgehead atoms. The third-order valence-electron chi connectivity index (χ3n) is 4.03. The number of ether oxygens (including phenoxy) is 1. The van der Waals surface area contributed by atoms with Crippen molar-refractivity contribution < 1.29 is 4.74 Å². The third kappa shape index (κ3) is 2.28. The zero-order valence-corrected chi connectivity index (χ0v) is 11.7. The maximum atomic E-state index is 5.70. The number of para-hydroxylation sites is 1. The first-order valence-electron chi connectivity index (χ1n) is 7.28. The van der Waals surface area contributed by atoms with Crippen LogP contribution in [0, 0.1) is 0 Å². The SMILES string of the molecule is c1ccc2c(c1)OCCC2NCc1c[nH]c2ncccc12. The Labute approximate surface area is 123 Å². The molecule has 1 unspecified atom stereocenters. The molecule has 0 fully saturated rings. The van der Waals surface area contributed by atoms with Gasteiger partial charge in [0.05, 0.1) is 6.61 Å². The monoisotopic (exact) mass is 279 g/mol. The summed E-state index contributed by atoms with van der Waals surface area (Å²) >= 11 is 0. The molecule has 4 rings (SSSR count). The molecule has 1 aliphatic heterocycles. The van der Waals surface area contributed by atoms with Crippen molar-refractivity contribution in [2.24, 2.45) is 0 Å². The lowest BCUT2D eigenvalue weighted by Crippen LogP contribution is -2.26. The lowest BCUT2D eigenvalue weighted by Gasteiger charge is -2.26. The van der Waals surface area contributed by atoms with Gasteiger partial charge in [-0.1, -0.05) is 18.2 Å². The van der Waals surface area contributed by atoms with E-state index in [4.69, 9.17) is 4.74 Å². The molecule has 0 amide bonds. The first-order chi connectivity index (χ1) is 10.4. The van der Waals surface area contributed by atoms with Crippen molar-refractivity contribution in [1.29, 1.82) is 0 Å². The van der Waals surface area contributed by atoms with Crippen molar-refractivity contribution in [3.8, 4) is 5.75 Å². The Balaban J connectivity index is 1.55. The molecule has 0 saturated carbocycles. The van der Waals surface area contributed by atoms with E-state index in [2.05, 4.69) is 33.5 Å². The van der Waals surface area contributed by atoms with Crippen molar-refractivity contribution in [2.45, 2.75) is 19.0 Å². The second kappa shape index (κ2) is 5.22. The smallest absolute Gasteiger partial charge is 0.137 e. The van der Waals surface area contributed by atoms with E-state index in [0.29, 0.717) is 6.04 Å². The molecule has 1 atom stereocenters. The van der Waals surface area contributed by atoms with Gasteiger partial charge < -0.3 is 15.0 Å². The van der Waals surface area contributed by atoms with Gasteiger partial charge in [-0.25, -0.2) is 4.98 Å². The number of hydrogen-bond donors (Lipinski definition) is 2. The topological polar surface area (TPSA) is 49.9 Å². The van der Waals surface area contributed by atoms with Crippen molar-refractivity contribution >= 4 is 11.0 Å². The molecule has 1 aliphatic rings. The maximum Gasteiger partial charge on any atom is 0.137 e. The second-order valence-corrected chi connectivity index (χ2v) is 5.32. The molecule has 0 spiro atoms. The average molecular weight is 279 g/mol. The summed E-state index contributed by atoms with van der Waals surface area (Å²) in [5.74, 6) is 1.00. The van der Waals surface area contributed by atoms with E-state index < -0.39 is 0 Å². The quantitative estimate of drug-likeness (QED) is 0.774. The summed E-state index contributed by atoms with van der Waals surface area (Å²) in [5.41, 5.74) is 3.45. The van der Waals surface area contributed by atoms with Gasteiger partial charge in [-0.3, -0.25) is 0 Å². The van der Waals surface area contributed by atoms with Crippen LogP contribution in [-0.2, 0) is 6.54 Å². The van der Waals surface area contributed by atoms with E-state index in [0.717, 1.165) is 31.0 Å². The lowest BCUT2D eigenvalue weighted by molar-refractivity contribution is 0.252. The van der Waals surface area contributed by atoms with Crippen molar-refractivity contribution in [1.82, 2.24) is 15.3 Å². The Hall–Kier alpha value is -2.33. The van der Waals surface area contributed by atoms with E-state index >= 15 is 0 Å². The average Bonchev–Trinajstić information content (AvgIpc) is 2.96. The van der Waals surface area contributed by atoms with E-state index in [-0.39, 0.29) is 0 Å². The van der Waals surface area contributed by atoms with Gasteiger partial charge in [0.1, 0.15) is 11.4 Å². The van der Waals surface area contributed by atoms with Crippen molar-refractivity contribution in [2.75, 3.05) is 6.61 Å². The zero-order valence-electron chi connectivity index (χ0n) is 11.7. The fourth-order valence-corrected chi connectivity index (χ4v) is 2.95. The van der Waals surface area contributed by atoms with E-state index in [9.17, 15) is 0 Å². The molecular weight excluding hydrogens is 262 g/mol. The molecule has 106 valence electrons. The number of aromatic amines is 1. The predicted octanol–water partition coefficient (Wildman–Crippen LogP) is 3.18. The summed E-state index contributed by atoms with van der Waals surface area (Å²) in [4.78, 5) is 7.55. The standard InChI is InChI=1S/C17H17N3O/c1-2-6-16-14(4-1)15(7-9-21-16)19-10-12-11-20-17-13(12)5-3-8-18-17/h1-6,8,11,15,19H,7,9-10H2,(H,18,20). The van der Waals surface area contributed by atoms with Crippen LogP contribution in [0.5, 0.6) is 5.75 Å². The number of nitrogens with zero attached hydrogens (tertiary/aromatic N) is 1. The minimum atomic E-state index is 0.344. The first-order valence-corrected chi connectivity index (χ1v) is 7.28. The fourth-order valence-electron chi connectivity index (χ4n) is 2.95. The molecule has 1 aromatic carbocycles. The molecule has 0 saturated heterocycles. The Morgan fingerprint density at radius 3 is 3.19 bits per heavy atom. The fraction of sp³-hybridized carbons (Fsp3) is 0.235. The lowest BCUT2D eigenvalue weighted by atomic mass is 10.0. The number of hydrogen-bond acceptors (Lipinski definition) is 3. The number of benzene rings is 1. The molecule has 0 aliphatic carbocycles. The molecule has 4 heteroatoms. The van der Waals surface area contributed by atoms with Crippen molar-refractivity contribution in [3.05, 3.63) is 59.9 Å². The van der Waals surface area contributed by atoms with Gasteiger partial charge in [-0.2, -0.15) is 0 Å². The number of aromatic nitrogens is 2.